The van der Waals surface area contributed by atoms with Crippen LogP contribution in [-0.2, 0) is 0 Å². The Bertz CT molecular complexity index is 767. The number of nitrogens with two attached hydrogens (primary N) is 2. The molecule has 3 rings (SSSR count). The van der Waals surface area contributed by atoms with E-state index >= 15 is 0 Å². The number of benzene rings is 1. The molecule has 1 saturated heterocycles. The van der Waals surface area contributed by atoms with Crippen molar-refractivity contribution in [2.75, 3.05) is 24.1 Å². The highest BCUT2D eigenvalue weighted by molar-refractivity contribution is 7.18. The van der Waals surface area contributed by atoms with E-state index in [1.807, 2.05) is 0 Å². The van der Waals surface area contributed by atoms with Gasteiger partial charge in [-0.2, -0.15) is 0 Å². The van der Waals surface area contributed by atoms with Crippen molar-refractivity contribution >= 4 is 39.8 Å². The summed E-state index contributed by atoms with van der Waals surface area (Å²) < 4.78 is 0. The number of hydrogen-bond donors (Lipinski definition) is 5. The minimum atomic E-state index is -0.485. The van der Waals surface area contributed by atoms with Crippen molar-refractivity contribution in [1.29, 1.82) is 0 Å². The Hall–Kier alpha value is -2.65. The van der Waals surface area contributed by atoms with E-state index in [-0.39, 0.29) is 17.8 Å². The molecular weight excluding hydrogens is 340 g/mol. The molecule has 1 aromatic carbocycles. The van der Waals surface area contributed by atoms with Gasteiger partial charge in [-0.15, -0.1) is 0 Å². The molecule has 8 nitrogen and oxygen atoms in total. The predicted molar refractivity (Wildman–Crippen MR) is 98.1 cm³/mol. The van der Waals surface area contributed by atoms with Crippen LogP contribution in [0.15, 0.2) is 24.3 Å². The van der Waals surface area contributed by atoms with Crippen molar-refractivity contribution in [2.24, 2.45) is 5.73 Å². The van der Waals surface area contributed by atoms with E-state index in [4.69, 9.17) is 11.5 Å². The summed E-state index contributed by atoms with van der Waals surface area (Å²) in [4.78, 5) is 28.1. The molecule has 0 bridgehead atoms. The Kier molecular flexibility index (Phi) is 5.15. The summed E-state index contributed by atoms with van der Waals surface area (Å²) in [6, 6.07) is 6.77. The molecule has 1 aromatic heterocycles. The zero-order valence-corrected chi connectivity index (χ0v) is 14.4. The van der Waals surface area contributed by atoms with Crippen LogP contribution in [0.1, 0.15) is 32.9 Å². The normalized spacial score (nSPS) is 17.0. The lowest BCUT2D eigenvalue weighted by Crippen LogP contribution is -2.45. The quantitative estimate of drug-likeness (QED) is 0.541. The highest BCUT2D eigenvalue weighted by Crippen LogP contribution is 2.28. The zero-order valence-electron chi connectivity index (χ0n) is 13.5. The molecule has 0 unspecified atom stereocenters. The molecule has 0 aliphatic carbocycles. The standard InChI is InChI=1S/C16H20N6O2S/c17-13-12(15(24)20-11-2-1-7-19-8-11)25-16(22-13)21-10-5-3-9(4-6-10)14(18)23/h3-6,11,19H,1-2,7-8,17H2,(H2,18,23)(H,20,24)(H,21,22)/t11-/m0/s1. The molecular formula is C16H20N6O2S. The van der Waals surface area contributed by atoms with Crippen LogP contribution < -0.4 is 27.4 Å². The first-order chi connectivity index (χ1) is 12.0. The third kappa shape index (κ3) is 4.25. The molecule has 25 heavy (non-hydrogen) atoms. The Labute approximate surface area is 149 Å². The molecule has 0 spiro atoms. The van der Waals surface area contributed by atoms with E-state index in [1.165, 1.54) is 11.3 Å². The van der Waals surface area contributed by atoms with Gasteiger partial charge >= 0.3 is 0 Å². The molecule has 2 aromatic rings. The van der Waals surface area contributed by atoms with Crippen molar-refractivity contribution in [2.45, 2.75) is 18.9 Å². The minimum absolute atomic E-state index is 0.112. The average molecular weight is 360 g/mol. The van der Waals surface area contributed by atoms with Gasteiger partial charge in [-0.25, -0.2) is 4.98 Å². The Morgan fingerprint density at radius 1 is 1.28 bits per heavy atom. The first-order valence-corrected chi connectivity index (χ1v) is 8.79. The first-order valence-electron chi connectivity index (χ1n) is 7.97. The summed E-state index contributed by atoms with van der Waals surface area (Å²) in [5.74, 6) is -0.496. The van der Waals surface area contributed by atoms with Gasteiger partial charge < -0.3 is 27.4 Å². The van der Waals surface area contributed by atoms with E-state index in [2.05, 4.69) is 20.9 Å². The van der Waals surface area contributed by atoms with Crippen LogP contribution in [0.3, 0.4) is 0 Å². The number of hydrogen-bond acceptors (Lipinski definition) is 7. The predicted octanol–water partition coefficient (Wildman–Crippen LogP) is 1.05. The van der Waals surface area contributed by atoms with Crippen LogP contribution in [0, 0.1) is 0 Å². The number of amides is 2. The maximum Gasteiger partial charge on any atom is 0.265 e. The van der Waals surface area contributed by atoms with Crippen molar-refractivity contribution in [3.05, 3.63) is 34.7 Å². The van der Waals surface area contributed by atoms with Crippen LogP contribution >= 0.6 is 11.3 Å². The highest BCUT2D eigenvalue weighted by atomic mass is 32.1. The number of nitrogens with zero attached hydrogens (tertiary/aromatic N) is 1. The number of primary amides is 1. The summed E-state index contributed by atoms with van der Waals surface area (Å²) >= 11 is 1.19. The Morgan fingerprint density at radius 2 is 2.04 bits per heavy atom. The van der Waals surface area contributed by atoms with Crippen LogP contribution in [0.2, 0.25) is 0 Å². The first kappa shape index (κ1) is 17.2. The summed E-state index contributed by atoms with van der Waals surface area (Å²) in [6.07, 6.45) is 1.99. The van der Waals surface area contributed by atoms with Gasteiger partial charge in [0.15, 0.2) is 5.13 Å². The number of anilines is 3. The Morgan fingerprint density at radius 3 is 2.68 bits per heavy atom. The lowest BCUT2D eigenvalue weighted by molar-refractivity contribution is 0.0934. The molecule has 132 valence electrons. The number of rotatable bonds is 5. The smallest absolute Gasteiger partial charge is 0.265 e. The summed E-state index contributed by atoms with van der Waals surface area (Å²) in [5, 5.41) is 9.82. The Balaban J connectivity index is 1.66. The second kappa shape index (κ2) is 7.49. The topological polar surface area (TPSA) is 135 Å². The van der Waals surface area contributed by atoms with Crippen molar-refractivity contribution < 1.29 is 9.59 Å². The summed E-state index contributed by atoms with van der Waals surface area (Å²) in [7, 11) is 0. The van der Waals surface area contributed by atoms with Gasteiger partial charge in [0.1, 0.15) is 10.7 Å². The third-order valence-electron chi connectivity index (χ3n) is 3.91. The van der Waals surface area contributed by atoms with Gasteiger partial charge in [0, 0.05) is 23.8 Å². The zero-order chi connectivity index (χ0) is 17.8. The number of piperidine rings is 1. The molecule has 9 heteroatoms. The minimum Gasteiger partial charge on any atom is -0.382 e. The molecule has 2 heterocycles. The second-order valence-electron chi connectivity index (χ2n) is 5.82. The van der Waals surface area contributed by atoms with Crippen LogP contribution in [0.5, 0.6) is 0 Å². The SMILES string of the molecule is NC(=O)c1ccc(Nc2nc(N)c(C(=O)N[C@H]3CCCNC3)s2)cc1. The number of carbonyl (C=O) groups excluding carboxylic acids is 2. The van der Waals surface area contributed by atoms with Gasteiger partial charge in [-0.1, -0.05) is 11.3 Å². The fraction of sp³-hybridized carbons (Fsp3) is 0.312. The maximum atomic E-state index is 12.4. The number of aromatic nitrogens is 1. The lowest BCUT2D eigenvalue weighted by Gasteiger charge is -2.23. The van der Waals surface area contributed by atoms with Gasteiger partial charge in [0.25, 0.3) is 5.91 Å². The molecule has 0 radical (unpaired) electrons. The van der Waals surface area contributed by atoms with E-state index in [0.717, 1.165) is 31.6 Å². The van der Waals surface area contributed by atoms with Crippen molar-refractivity contribution in [3.8, 4) is 0 Å². The van der Waals surface area contributed by atoms with E-state index in [1.54, 1.807) is 24.3 Å². The number of carbonyl (C=O) groups is 2. The highest BCUT2D eigenvalue weighted by Gasteiger charge is 2.21. The summed E-state index contributed by atoms with van der Waals surface area (Å²) in [6.45, 7) is 1.75. The van der Waals surface area contributed by atoms with E-state index in [9.17, 15) is 9.59 Å². The second-order valence-corrected chi connectivity index (χ2v) is 6.82. The molecule has 1 atom stereocenters. The molecule has 1 aliphatic heterocycles. The average Bonchev–Trinajstić information content (AvgIpc) is 2.96. The van der Waals surface area contributed by atoms with E-state index in [0.29, 0.717) is 15.6 Å². The van der Waals surface area contributed by atoms with Gasteiger partial charge in [-0.05, 0) is 43.7 Å². The molecule has 0 saturated carbocycles. The molecule has 7 N–H and O–H groups in total. The van der Waals surface area contributed by atoms with Gasteiger partial charge in [0.05, 0.1) is 0 Å². The van der Waals surface area contributed by atoms with Crippen LogP contribution in [0.25, 0.3) is 0 Å². The van der Waals surface area contributed by atoms with Crippen molar-refractivity contribution in [3.63, 3.8) is 0 Å². The lowest BCUT2D eigenvalue weighted by atomic mass is 10.1. The monoisotopic (exact) mass is 360 g/mol. The van der Waals surface area contributed by atoms with Gasteiger partial charge in [0.2, 0.25) is 5.91 Å². The fourth-order valence-corrected chi connectivity index (χ4v) is 3.42. The van der Waals surface area contributed by atoms with Crippen molar-refractivity contribution in [1.82, 2.24) is 15.6 Å². The van der Waals surface area contributed by atoms with Gasteiger partial charge in [-0.3, -0.25) is 9.59 Å². The number of thiazole rings is 1. The molecule has 2 amide bonds. The van der Waals surface area contributed by atoms with Crippen LogP contribution in [-0.4, -0.2) is 35.9 Å². The number of nitrogen functional groups attached to an aromatic ring is 1. The summed E-state index contributed by atoms with van der Waals surface area (Å²) in [5.41, 5.74) is 12.2. The van der Waals surface area contributed by atoms with Crippen LogP contribution in [0.4, 0.5) is 16.6 Å². The molecule has 1 aliphatic rings. The maximum absolute atomic E-state index is 12.4. The number of nitrogens with one attached hydrogen (secondary N) is 3. The third-order valence-corrected chi connectivity index (χ3v) is 4.90. The largest absolute Gasteiger partial charge is 0.382 e. The van der Waals surface area contributed by atoms with E-state index < -0.39 is 5.91 Å². The fourth-order valence-electron chi connectivity index (χ4n) is 2.62. The molecule has 1 fully saturated rings.